The van der Waals surface area contributed by atoms with E-state index in [1.165, 1.54) is 12.8 Å². The number of aliphatic hydroxyl groups is 1. The molecule has 1 spiro atoms. The fraction of sp³-hybridized carbons (Fsp3) is 0.688. The fourth-order valence-corrected chi connectivity index (χ4v) is 3.93. The Morgan fingerprint density at radius 1 is 1.38 bits per heavy atom. The summed E-state index contributed by atoms with van der Waals surface area (Å²) in [4.78, 5) is 16.7. The van der Waals surface area contributed by atoms with Gasteiger partial charge in [0.2, 0.25) is 0 Å². The van der Waals surface area contributed by atoms with Crippen LogP contribution in [0.25, 0.3) is 0 Å². The monoisotopic (exact) mass is 290 g/mol. The van der Waals surface area contributed by atoms with Gasteiger partial charge in [0, 0.05) is 32.8 Å². The lowest BCUT2D eigenvalue weighted by atomic mass is 9.84. The van der Waals surface area contributed by atoms with Crippen molar-refractivity contribution in [3.8, 4) is 0 Å². The van der Waals surface area contributed by atoms with Crippen molar-refractivity contribution < 1.29 is 14.3 Å². The molecular formula is C16H22N2O3. The molecule has 1 N–H and O–H groups in total. The van der Waals surface area contributed by atoms with Crippen molar-refractivity contribution in [3.63, 3.8) is 0 Å². The molecule has 1 aliphatic carbocycles. The van der Waals surface area contributed by atoms with Crippen molar-refractivity contribution in [2.24, 2.45) is 11.8 Å². The lowest BCUT2D eigenvalue weighted by Gasteiger charge is -2.52. The number of hydrogen-bond acceptors (Lipinski definition) is 4. The molecule has 2 saturated heterocycles. The fourth-order valence-electron chi connectivity index (χ4n) is 3.93. The van der Waals surface area contributed by atoms with Gasteiger partial charge in [-0.2, -0.15) is 0 Å². The average molecular weight is 290 g/mol. The average Bonchev–Trinajstić information content (AvgIpc) is 2.98. The third-order valence-electron chi connectivity index (χ3n) is 5.24. The first-order valence-electron chi connectivity index (χ1n) is 7.89. The van der Waals surface area contributed by atoms with Crippen LogP contribution in [0.15, 0.2) is 22.8 Å². The highest BCUT2D eigenvalue weighted by atomic mass is 16.3. The summed E-state index contributed by atoms with van der Waals surface area (Å²) in [5.74, 6) is 1.62. The van der Waals surface area contributed by atoms with Crippen molar-refractivity contribution in [1.82, 2.24) is 9.80 Å². The first-order valence-corrected chi connectivity index (χ1v) is 7.89. The highest BCUT2D eigenvalue weighted by Crippen LogP contribution is 2.43. The number of furan rings is 1. The smallest absolute Gasteiger partial charge is 0.289 e. The van der Waals surface area contributed by atoms with Crippen molar-refractivity contribution in [3.05, 3.63) is 24.2 Å². The van der Waals surface area contributed by atoms with E-state index in [-0.39, 0.29) is 18.1 Å². The second-order valence-corrected chi connectivity index (χ2v) is 6.96. The Labute approximate surface area is 124 Å². The molecule has 0 unspecified atom stereocenters. The first kappa shape index (κ1) is 13.3. The highest BCUT2D eigenvalue weighted by Gasteiger charge is 2.55. The number of carbonyl (C=O) groups is 1. The molecule has 2 aliphatic heterocycles. The topological polar surface area (TPSA) is 56.9 Å². The summed E-state index contributed by atoms with van der Waals surface area (Å²) in [5.41, 5.74) is 0.109. The lowest BCUT2D eigenvalue weighted by Crippen LogP contribution is -2.69. The van der Waals surface area contributed by atoms with Crippen LogP contribution < -0.4 is 0 Å². The van der Waals surface area contributed by atoms with Crippen LogP contribution in [0.2, 0.25) is 0 Å². The Balaban J connectivity index is 1.44. The Hall–Kier alpha value is -1.33. The molecule has 0 aromatic carbocycles. The molecule has 0 radical (unpaired) electrons. The first-order chi connectivity index (χ1) is 10.2. The molecule has 1 atom stereocenters. The van der Waals surface area contributed by atoms with Gasteiger partial charge in [0.05, 0.1) is 11.8 Å². The Morgan fingerprint density at radius 3 is 2.81 bits per heavy atom. The van der Waals surface area contributed by atoms with Crippen LogP contribution in [0, 0.1) is 11.8 Å². The van der Waals surface area contributed by atoms with Gasteiger partial charge in [0.25, 0.3) is 5.91 Å². The standard InChI is InChI=1S/C16H22N2O3/c19-9-13-6-16(18(8-13)7-12-3-4-12)10-17(11-16)15(20)14-2-1-5-21-14/h1-2,5,12-13,19H,3-4,6-11H2/t13-/m1/s1. The second-order valence-electron chi connectivity index (χ2n) is 6.96. The molecule has 3 aliphatic rings. The quantitative estimate of drug-likeness (QED) is 0.905. The predicted octanol–water partition coefficient (Wildman–Crippen LogP) is 1.20. The van der Waals surface area contributed by atoms with E-state index in [9.17, 15) is 9.90 Å². The third-order valence-corrected chi connectivity index (χ3v) is 5.24. The minimum Gasteiger partial charge on any atom is -0.459 e. The van der Waals surface area contributed by atoms with E-state index in [0.29, 0.717) is 11.7 Å². The van der Waals surface area contributed by atoms with Gasteiger partial charge < -0.3 is 14.4 Å². The summed E-state index contributed by atoms with van der Waals surface area (Å²) in [5, 5.41) is 9.49. The maximum Gasteiger partial charge on any atom is 0.289 e. The van der Waals surface area contributed by atoms with E-state index >= 15 is 0 Å². The van der Waals surface area contributed by atoms with Crippen molar-refractivity contribution in [2.45, 2.75) is 24.8 Å². The molecule has 114 valence electrons. The van der Waals surface area contributed by atoms with Gasteiger partial charge in [-0.05, 0) is 43.2 Å². The number of aliphatic hydroxyl groups excluding tert-OH is 1. The Kier molecular flexibility index (Phi) is 3.08. The molecule has 1 aromatic heterocycles. The number of amides is 1. The van der Waals surface area contributed by atoms with E-state index in [2.05, 4.69) is 4.90 Å². The zero-order valence-corrected chi connectivity index (χ0v) is 12.2. The minimum atomic E-state index is -0.00977. The zero-order chi connectivity index (χ0) is 14.4. The van der Waals surface area contributed by atoms with E-state index in [1.807, 2.05) is 4.90 Å². The highest BCUT2D eigenvalue weighted by molar-refractivity contribution is 5.92. The maximum absolute atomic E-state index is 12.3. The SMILES string of the molecule is O=C(c1ccco1)N1CC2(C[C@@H](CO)CN2CC2CC2)C1. The molecule has 0 bridgehead atoms. The van der Waals surface area contributed by atoms with E-state index in [4.69, 9.17) is 4.42 Å². The van der Waals surface area contributed by atoms with Gasteiger partial charge in [0.15, 0.2) is 5.76 Å². The van der Waals surface area contributed by atoms with Gasteiger partial charge in [0.1, 0.15) is 0 Å². The number of rotatable bonds is 4. The normalized spacial score (nSPS) is 28.0. The third kappa shape index (κ3) is 2.28. The summed E-state index contributed by atoms with van der Waals surface area (Å²) in [6, 6.07) is 3.47. The molecule has 4 rings (SSSR count). The summed E-state index contributed by atoms with van der Waals surface area (Å²) in [6.07, 6.45) is 5.23. The summed E-state index contributed by atoms with van der Waals surface area (Å²) in [6.45, 7) is 3.93. The summed E-state index contributed by atoms with van der Waals surface area (Å²) in [7, 11) is 0. The zero-order valence-electron chi connectivity index (χ0n) is 12.2. The molecule has 3 fully saturated rings. The van der Waals surface area contributed by atoms with Crippen LogP contribution in [0.1, 0.15) is 29.8 Å². The molecule has 1 aromatic rings. The van der Waals surface area contributed by atoms with Crippen LogP contribution in [0.4, 0.5) is 0 Å². The molecule has 3 heterocycles. The maximum atomic E-state index is 12.3. The summed E-state index contributed by atoms with van der Waals surface area (Å²) >= 11 is 0. The largest absolute Gasteiger partial charge is 0.459 e. The lowest BCUT2D eigenvalue weighted by molar-refractivity contribution is -0.0215. The van der Waals surface area contributed by atoms with Crippen molar-refractivity contribution in [1.29, 1.82) is 0 Å². The van der Waals surface area contributed by atoms with E-state index in [1.54, 1.807) is 18.4 Å². The molecule has 1 saturated carbocycles. The van der Waals surface area contributed by atoms with Crippen LogP contribution in [-0.2, 0) is 0 Å². The van der Waals surface area contributed by atoms with Crippen LogP contribution in [0.5, 0.6) is 0 Å². The van der Waals surface area contributed by atoms with Crippen molar-refractivity contribution in [2.75, 3.05) is 32.8 Å². The minimum absolute atomic E-state index is 0.00977. The van der Waals surface area contributed by atoms with Gasteiger partial charge in [-0.3, -0.25) is 9.69 Å². The van der Waals surface area contributed by atoms with E-state index < -0.39 is 0 Å². The predicted molar refractivity (Wildman–Crippen MR) is 76.8 cm³/mol. The molecule has 21 heavy (non-hydrogen) atoms. The van der Waals surface area contributed by atoms with Gasteiger partial charge in [-0.15, -0.1) is 0 Å². The number of nitrogens with zero attached hydrogens (tertiary/aromatic N) is 2. The van der Waals surface area contributed by atoms with Crippen molar-refractivity contribution >= 4 is 5.91 Å². The Morgan fingerprint density at radius 2 is 2.19 bits per heavy atom. The van der Waals surface area contributed by atoms with Crippen LogP contribution in [-0.4, -0.2) is 59.1 Å². The molecule has 5 nitrogen and oxygen atoms in total. The van der Waals surface area contributed by atoms with Gasteiger partial charge >= 0.3 is 0 Å². The second kappa shape index (κ2) is 4.85. The van der Waals surface area contributed by atoms with E-state index in [0.717, 1.165) is 38.5 Å². The molecule has 5 heteroatoms. The molecule has 1 amide bonds. The van der Waals surface area contributed by atoms with Crippen LogP contribution >= 0.6 is 0 Å². The summed E-state index contributed by atoms with van der Waals surface area (Å²) < 4.78 is 5.20. The van der Waals surface area contributed by atoms with Gasteiger partial charge in [-0.25, -0.2) is 0 Å². The van der Waals surface area contributed by atoms with Crippen LogP contribution in [0.3, 0.4) is 0 Å². The molecular weight excluding hydrogens is 268 g/mol. The van der Waals surface area contributed by atoms with Gasteiger partial charge in [-0.1, -0.05) is 0 Å². The number of likely N-dealkylation sites (tertiary alicyclic amines) is 2. The number of carbonyl (C=O) groups excluding carboxylic acids is 1. The number of hydrogen-bond donors (Lipinski definition) is 1. The Bertz CT molecular complexity index is 518.